The number of carbonyl (C=O) groups is 1. The molecule has 1 aliphatic rings. The third-order valence-corrected chi connectivity index (χ3v) is 6.75. The molecule has 3 aromatic rings. The number of methoxy groups -OCH3 is 3. The predicted octanol–water partition coefficient (Wildman–Crippen LogP) is 3.57. The van der Waals surface area contributed by atoms with Gasteiger partial charge in [-0.2, -0.15) is 0 Å². The summed E-state index contributed by atoms with van der Waals surface area (Å²) in [5.41, 5.74) is 1.32. The number of esters is 1. The van der Waals surface area contributed by atoms with Gasteiger partial charge in [-0.1, -0.05) is 11.8 Å². The van der Waals surface area contributed by atoms with Gasteiger partial charge in [0.2, 0.25) is 5.76 Å². The summed E-state index contributed by atoms with van der Waals surface area (Å²) < 4.78 is 22.5. The maximum atomic E-state index is 13.3. The summed E-state index contributed by atoms with van der Waals surface area (Å²) >= 11 is 2.88. The van der Waals surface area contributed by atoms with E-state index in [4.69, 9.17) is 18.9 Å². The average molecular weight is 461 g/mol. The van der Waals surface area contributed by atoms with Crippen molar-refractivity contribution in [1.82, 2.24) is 9.55 Å². The normalized spacial score (nSPS) is 12.5. The molecular formula is C21H20N2O6S2. The first-order valence-electron chi connectivity index (χ1n) is 9.36. The minimum atomic E-state index is -0.536. The highest BCUT2D eigenvalue weighted by Crippen LogP contribution is 2.34. The van der Waals surface area contributed by atoms with E-state index in [0.29, 0.717) is 38.8 Å². The molecular weight excluding hydrogens is 440 g/mol. The zero-order chi connectivity index (χ0) is 22.0. The van der Waals surface area contributed by atoms with E-state index >= 15 is 0 Å². The number of aryl methyl sites for hydroxylation is 1. The molecule has 0 fully saturated rings. The van der Waals surface area contributed by atoms with Crippen LogP contribution in [-0.4, -0.2) is 42.6 Å². The van der Waals surface area contributed by atoms with Gasteiger partial charge in [0.1, 0.15) is 5.76 Å². The van der Waals surface area contributed by atoms with Crippen LogP contribution in [0.5, 0.6) is 11.5 Å². The highest BCUT2D eigenvalue weighted by Gasteiger charge is 2.23. The second kappa shape index (κ2) is 9.11. The minimum absolute atomic E-state index is 0.114. The predicted molar refractivity (Wildman–Crippen MR) is 117 cm³/mol. The van der Waals surface area contributed by atoms with Gasteiger partial charge in [-0.15, -0.1) is 11.8 Å². The van der Waals surface area contributed by atoms with Crippen molar-refractivity contribution in [3.8, 4) is 17.2 Å². The maximum absolute atomic E-state index is 13.3. The average Bonchev–Trinajstić information content (AvgIpc) is 3.46. The molecule has 0 amide bonds. The largest absolute Gasteiger partial charge is 0.493 e. The van der Waals surface area contributed by atoms with Crippen LogP contribution in [-0.2, 0) is 16.9 Å². The summed E-state index contributed by atoms with van der Waals surface area (Å²) in [4.78, 5) is 30.4. The van der Waals surface area contributed by atoms with Gasteiger partial charge >= 0.3 is 5.97 Å². The van der Waals surface area contributed by atoms with E-state index in [1.54, 1.807) is 49.1 Å². The number of ether oxygens (including phenoxy) is 3. The van der Waals surface area contributed by atoms with Gasteiger partial charge in [0.25, 0.3) is 5.56 Å². The lowest BCUT2D eigenvalue weighted by atomic mass is 10.2. The third kappa shape index (κ3) is 4.17. The summed E-state index contributed by atoms with van der Waals surface area (Å²) in [6, 6.07) is 8.57. The number of furan rings is 1. The number of benzene rings is 1. The van der Waals surface area contributed by atoms with Crippen molar-refractivity contribution in [2.24, 2.45) is 0 Å². The number of nitrogens with zero attached hydrogens (tertiary/aromatic N) is 2. The van der Waals surface area contributed by atoms with Crippen LogP contribution in [0.1, 0.15) is 22.0 Å². The molecule has 1 aromatic carbocycles. The van der Waals surface area contributed by atoms with Gasteiger partial charge in [-0.05, 0) is 24.3 Å². The quantitative estimate of drug-likeness (QED) is 0.298. The van der Waals surface area contributed by atoms with E-state index in [1.165, 1.54) is 30.6 Å². The monoisotopic (exact) mass is 460 g/mol. The summed E-state index contributed by atoms with van der Waals surface area (Å²) in [5.74, 6) is 2.49. The Bertz CT molecular complexity index is 1190. The second-order valence-corrected chi connectivity index (χ2v) is 8.54. The molecule has 0 aliphatic carbocycles. The smallest absolute Gasteiger partial charge is 0.373 e. The molecule has 0 radical (unpaired) electrons. The topological polar surface area (TPSA) is 92.8 Å². The van der Waals surface area contributed by atoms with Crippen LogP contribution in [0.2, 0.25) is 0 Å². The molecule has 1 aliphatic heterocycles. The lowest BCUT2D eigenvalue weighted by Gasteiger charge is -2.15. The molecule has 0 atom stereocenters. The summed E-state index contributed by atoms with van der Waals surface area (Å²) in [7, 11) is 4.41. The molecule has 31 heavy (non-hydrogen) atoms. The van der Waals surface area contributed by atoms with Crippen LogP contribution in [0, 0.1) is 0 Å². The standard InChI is InChI=1S/C21H20N2O6S2/c1-26-15-6-4-12(10-17(15)27-2)23-19(24)18-14(8-9-30-18)22-21(23)31-11-13-5-7-16(29-13)20(25)28-3/h4-7,10H,8-9,11H2,1-3H3. The van der Waals surface area contributed by atoms with Crippen molar-refractivity contribution < 1.29 is 23.4 Å². The molecule has 0 saturated heterocycles. The molecule has 0 N–H and O–H groups in total. The van der Waals surface area contributed by atoms with Crippen LogP contribution in [0.15, 0.2) is 49.6 Å². The SMILES string of the molecule is COC(=O)c1ccc(CSc2nc3c(c(=O)n2-c2ccc(OC)c(OC)c2)SCC3)o1. The second-order valence-electron chi connectivity index (χ2n) is 6.49. The molecule has 8 nitrogen and oxygen atoms in total. The number of rotatable bonds is 7. The molecule has 0 bridgehead atoms. The summed E-state index contributed by atoms with van der Waals surface area (Å²) in [5, 5.41) is 0.537. The Labute approximate surface area is 186 Å². The first-order chi connectivity index (χ1) is 15.0. The minimum Gasteiger partial charge on any atom is -0.493 e. The Morgan fingerprint density at radius 3 is 2.74 bits per heavy atom. The van der Waals surface area contributed by atoms with E-state index in [-0.39, 0.29) is 11.3 Å². The molecule has 4 rings (SSSR count). The molecule has 3 heterocycles. The van der Waals surface area contributed by atoms with Crippen LogP contribution in [0.4, 0.5) is 0 Å². The van der Waals surface area contributed by atoms with E-state index in [1.807, 2.05) is 0 Å². The van der Waals surface area contributed by atoms with Crippen molar-refractivity contribution >= 4 is 29.5 Å². The van der Waals surface area contributed by atoms with E-state index in [2.05, 4.69) is 4.74 Å². The fraction of sp³-hybridized carbons (Fsp3) is 0.286. The van der Waals surface area contributed by atoms with Gasteiger partial charge in [-0.25, -0.2) is 9.78 Å². The number of carbonyl (C=O) groups excluding carboxylic acids is 1. The number of hydrogen-bond acceptors (Lipinski definition) is 9. The van der Waals surface area contributed by atoms with E-state index < -0.39 is 5.97 Å². The number of fused-ring (bicyclic) bond motifs is 1. The molecule has 10 heteroatoms. The number of thioether (sulfide) groups is 2. The Morgan fingerprint density at radius 1 is 1.19 bits per heavy atom. The van der Waals surface area contributed by atoms with Gasteiger partial charge in [-0.3, -0.25) is 9.36 Å². The molecule has 2 aromatic heterocycles. The molecule has 162 valence electrons. The fourth-order valence-electron chi connectivity index (χ4n) is 3.18. The Balaban J connectivity index is 1.72. The van der Waals surface area contributed by atoms with E-state index in [9.17, 15) is 9.59 Å². The number of hydrogen-bond donors (Lipinski definition) is 0. The lowest BCUT2D eigenvalue weighted by molar-refractivity contribution is 0.0563. The van der Waals surface area contributed by atoms with Gasteiger partial charge < -0.3 is 18.6 Å². The van der Waals surface area contributed by atoms with Gasteiger partial charge in [0, 0.05) is 18.2 Å². The van der Waals surface area contributed by atoms with Crippen molar-refractivity contribution in [2.75, 3.05) is 27.1 Å². The highest BCUT2D eigenvalue weighted by molar-refractivity contribution is 7.99. The van der Waals surface area contributed by atoms with Crippen LogP contribution >= 0.6 is 23.5 Å². The number of aromatic nitrogens is 2. The Morgan fingerprint density at radius 2 is 2.00 bits per heavy atom. The van der Waals surface area contributed by atoms with Crippen LogP contribution in [0.25, 0.3) is 5.69 Å². The summed E-state index contributed by atoms with van der Waals surface area (Å²) in [6.45, 7) is 0. The van der Waals surface area contributed by atoms with Crippen LogP contribution in [0.3, 0.4) is 0 Å². The summed E-state index contributed by atoms with van der Waals surface area (Å²) in [6.07, 6.45) is 0.753. The maximum Gasteiger partial charge on any atom is 0.373 e. The Hall–Kier alpha value is -2.85. The molecule has 0 spiro atoms. The first-order valence-corrected chi connectivity index (χ1v) is 11.3. The molecule has 0 saturated carbocycles. The van der Waals surface area contributed by atoms with Crippen molar-refractivity contribution in [2.45, 2.75) is 22.2 Å². The fourth-order valence-corrected chi connectivity index (χ4v) is 5.13. The lowest BCUT2D eigenvalue weighted by Crippen LogP contribution is -2.23. The van der Waals surface area contributed by atoms with Crippen molar-refractivity contribution in [3.05, 3.63) is 57.9 Å². The van der Waals surface area contributed by atoms with Crippen LogP contribution < -0.4 is 15.0 Å². The van der Waals surface area contributed by atoms with Crippen molar-refractivity contribution in [1.29, 1.82) is 0 Å². The zero-order valence-electron chi connectivity index (χ0n) is 17.2. The van der Waals surface area contributed by atoms with Gasteiger partial charge in [0.15, 0.2) is 16.7 Å². The van der Waals surface area contributed by atoms with E-state index in [0.717, 1.165) is 17.9 Å². The zero-order valence-corrected chi connectivity index (χ0v) is 18.8. The molecule has 0 unspecified atom stereocenters. The van der Waals surface area contributed by atoms with Gasteiger partial charge in [0.05, 0.1) is 43.4 Å². The third-order valence-electron chi connectivity index (χ3n) is 4.68. The highest BCUT2D eigenvalue weighted by atomic mass is 32.2. The first kappa shape index (κ1) is 21.4. The van der Waals surface area contributed by atoms with Crippen molar-refractivity contribution in [3.63, 3.8) is 0 Å². The Kier molecular flexibility index (Phi) is 6.28.